The summed E-state index contributed by atoms with van der Waals surface area (Å²) in [5, 5.41) is 9.56. The number of amides is 2. The molecule has 1 aliphatic rings. The lowest BCUT2D eigenvalue weighted by molar-refractivity contribution is -0.136. The van der Waals surface area contributed by atoms with Crippen LogP contribution >= 0.6 is 11.3 Å². The summed E-state index contributed by atoms with van der Waals surface area (Å²) < 4.78 is 5.20. The summed E-state index contributed by atoms with van der Waals surface area (Å²) in [4.78, 5) is 27.0. The Balaban J connectivity index is 1.60. The largest absolute Gasteiger partial charge is 0.495 e. The van der Waals surface area contributed by atoms with Crippen LogP contribution in [0.1, 0.15) is 30.9 Å². The molecule has 144 valence electrons. The minimum absolute atomic E-state index is 0.0968. The molecule has 2 heterocycles. The lowest BCUT2D eigenvalue weighted by Gasteiger charge is -2.34. The number of hydrogen-bond acceptors (Lipinski definition) is 5. The molecule has 1 aromatic heterocycles. The first-order valence-electron chi connectivity index (χ1n) is 9.17. The van der Waals surface area contributed by atoms with Gasteiger partial charge in [-0.05, 0) is 60.5 Å². The first-order valence-corrected chi connectivity index (χ1v) is 10.1. The summed E-state index contributed by atoms with van der Waals surface area (Å²) in [5.41, 5.74) is 1.66. The van der Waals surface area contributed by atoms with Crippen molar-refractivity contribution in [1.29, 1.82) is 0 Å². The van der Waals surface area contributed by atoms with Gasteiger partial charge in [0.15, 0.2) is 0 Å². The molecule has 3 rings (SSSR count). The van der Waals surface area contributed by atoms with Crippen LogP contribution in [0.3, 0.4) is 0 Å². The number of carbonyl (C=O) groups is 2. The number of anilines is 1. The van der Waals surface area contributed by atoms with E-state index in [-0.39, 0.29) is 6.04 Å². The van der Waals surface area contributed by atoms with E-state index in [0.717, 1.165) is 13.1 Å². The molecule has 1 atom stereocenters. The first kappa shape index (κ1) is 19.4. The average molecular weight is 388 g/mol. The molecule has 0 bridgehead atoms. The highest BCUT2D eigenvalue weighted by molar-refractivity contribution is 7.08. The lowest BCUT2D eigenvalue weighted by atomic mass is 10.0. The molecular weight excluding hydrogens is 362 g/mol. The maximum atomic E-state index is 12.3. The van der Waals surface area contributed by atoms with Gasteiger partial charge in [0.05, 0.1) is 18.8 Å². The number of methoxy groups -OCH3 is 1. The summed E-state index contributed by atoms with van der Waals surface area (Å²) in [6, 6.07) is 9.20. The van der Waals surface area contributed by atoms with E-state index < -0.39 is 11.8 Å². The number of thiophene rings is 1. The van der Waals surface area contributed by atoms with Crippen LogP contribution in [0.4, 0.5) is 5.69 Å². The molecule has 0 spiro atoms. The molecule has 6 nitrogen and oxygen atoms in total. The van der Waals surface area contributed by atoms with Crippen LogP contribution < -0.4 is 15.4 Å². The van der Waals surface area contributed by atoms with Gasteiger partial charge in [-0.2, -0.15) is 11.3 Å². The van der Waals surface area contributed by atoms with Gasteiger partial charge in [-0.15, -0.1) is 0 Å². The number of hydrogen-bond donors (Lipinski definition) is 2. The summed E-state index contributed by atoms with van der Waals surface area (Å²) >= 11 is 1.65. The fourth-order valence-electron chi connectivity index (χ4n) is 3.35. The highest BCUT2D eigenvalue weighted by Crippen LogP contribution is 2.26. The number of carbonyl (C=O) groups excluding carboxylic acids is 2. The van der Waals surface area contributed by atoms with Crippen molar-refractivity contribution in [2.45, 2.75) is 25.3 Å². The van der Waals surface area contributed by atoms with E-state index in [0.29, 0.717) is 18.0 Å². The van der Waals surface area contributed by atoms with E-state index in [4.69, 9.17) is 4.74 Å². The molecule has 1 aliphatic heterocycles. The van der Waals surface area contributed by atoms with Crippen LogP contribution in [-0.2, 0) is 9.59 Å². The zero-order valence-electron chi connectivity index (χ0n) is 15.4. The van der Waals surface area contributed by atoms with Crippen molar-refractivity contribution >= 4 is 28.8 Å². The first-order chi connectivity index (χ1) is 13.2. The van der Waals surface area contributed by atoms with Gasteiger partial charge in [-0.1, -0.05) is 18.6 Å². The molecule has 0 radical (unpaired) electrons. The fraction of sp³-hybridized carbons (Fsp3) is 0.400. The molecule has 1 fully saturated rings. The number of para-hydroxylation sites is 2. The number of piperidine rings is 1. The Labute approximate surface area is 163 Å². The number of nitrogens with one attached hydrogen (secondary N) is 2. The van der Waals surface area contributed by atoms with E-state index >= 15 is 0 Å². The Hall–Kier alpha value is -2.38. The number of ether oxygens (including phenoxy) is 1. The Bertz CT molecular complexity index is 758. The Morgan fingerprint density at radius 1 is 1.15 bits per heavy atom. The second-order valence-corrected chi connectivity index (χ2v) is 7.31. The van der Waals surface area contributed by atoms with E-state index in [2.05, 4.69) is 27.0 Å². The number of benzene rings is 1. The molecular formula is C20H25N3O3S. The third-order valence-corrected chi connectivity index (χ3v) is 5.48. The van der Waals surface area contributed by atoms with Crippen molar-refractivity contribution < 1.29 is 14.3 Å². The second kappa shape index (κ2) is 9.53. The molecule has 1 unspecified atom stereocenters. The van der Waals surface area contributed by atoms with Crippen molar-refractivity contribution in [1.82, 2.24) is 10.2 Å². The van der Waals surface area contributed by atoms with Gasteiger partial charge < -0.3 is 15.4 Å². The van der Waals surface area contributed by atoms with Crippen molar-refractivity contribution in [2.75, 3.05) is 32.1 Å². The van der Waals surface area contributed by atoms with Crippen molar-refractivity contribution in [3.63, 3.8) is 0 Å². The maximum Gasteiger partial charge on any atom is 0.313 e. The standard InChI is InChI=1S/C20H25N3O3S/c1-26-18-8-4-3-7-16(18)22-20(25)19(24)21-13-17(15-9-12-27-14-15)23-10-5-2-6-11-23/h3-4,7-9,12,14,17H,2,5-6,10-11,13H2,1H3,(H,21,24)(H,22,25). The quantitative estimate of drug-likeness (QED) is 0.748. The summed E-state index contributed by atoms with van der Waals surface area (Å²) in [6.07, 6.45) is 3.59. The number of rotatable bonds is 6. The van der Waals surface area contributed by atoms with Crippen LogP contribution in [0, 0.1) is 0 Å². The lowest BCUT2D eigenvalue weighted by Crippen LogP contribution is -2.43. The number of likely N-dealkylation sites (tertiary alicyclic amines) is 1. The molecule has 2 N–H and O–H groups in total. The molecule has 1 saturated heterocycles. The topological polar surface area (TPSA) is 70.7 Å². The van der Waals surface area contributed by atoms with Gasteiger partial charge in [0, 0.05) is 6.54 Å². The zero-order chi connectivity index (χ0) is 19.1. The average Bonchev–Trinajstić information content (AvgIpc) is 3.23. The molecule has 2 aromatic rings. The van der Waals surface area contributed by atoms with Crippen molar-refractivity contribution in [3.8, 4) is 5.75 Å². The van der Waals surface area contributed by atoms with E-state index in [1.54, 1.807) is 35.6 Å². The van der Waals surface area contributed by atoms with Crippen LogP contribution in [0.25, 0.3) is 0 Å². The SMILES string of the molecule is COc1ccccc1NC(=O)C(=O)NCC(c1ccsc1)N1CCCCC1. The summed E-state index contributed by atoms with van der Waals surface area (Å²) in [7, 11) is 1.52. The van der Waals surface area contributed by atoms with Gasteiger partial charge in [-0.3, -0.25) is 14.5 Å². The van der Waals surface area contributed by atoms with Gasteiger partial charge >= 0.3 is 11.8 Å². The predicted molar refractivity (Wildman–Crippen MR) is 107 cm³/mol. The third kappa shape index (κ3) is 5.08. The zero-order valence-corrected chi connectivity index (χ0v) is 16.3. The van der Waals surface area contributed by atoms with Crippen LogP contribution in [-0.4, -0.2) is 43.5 Å². The minimum Gasteiger partial charge on any atom is -0.495 e. The number of nitrogens with zero attached hydrogens (tertiary/aromatic N) is 1. The van der Waals surface area contributed by atoms with E-state index in [9.17, 15) is 9.59 Å². The van der Waals surface area contributed by atoms with E-state index in [1.165, 1.54) is 31.9 Å². The van der Waals surface area contributed by atoms with Gasteiger partial charge in [0.25, 0.3) is 0 Å². The van der Waals surface area contributed by atoms with Crippen LogP contribution in [0.2, 0.25) is 0 Å². The fourth-order valence-corrected chi connectivity index (χ4v) is 4.06. The Morgan fingerprint density at radius 3 is 2.63 bits per heavy atom. The predicted octanol–water partition coefficient (Wildman–Crippen LogP) is 3.04. The summed E-state index contributed by atoms with van der Waals surface area (Å²) in [5.74, 6) is -0.816. The minimum atomic E-state index is -0.692. The highest BCUT2D eigenvalue weighted by Gasteiger charge is 2.24. The third-order valence-electron chi connectivity index (χ3n) is 4.78. The van der Waals surface area contributed by atoms with Crippen molar-refractivity contribution in [3.05, 3.63) is 46.7 Å². The summed E-state index contributed by atoms with van der Waals surface area (Å²) in [6.45, 7) is 2.45. The second-order valence-electron chi connectivity index (χ2n) is 6.53. The van der Waals surface area contributed by atoms with Crippen molar-refractivity contribution in [2.24, 2.45) is 0 Å². The highest BCUT2D eigenvalue weighted by atomic mass is 32.1. The molecule has 0 aliphatic carbocycles. The van der Waals surface area contributed by atoms with Crippen LogP contribution in [0.15, 0.2) is 41.1 Å². The maximum absolute atomic E-state index is 12.3. The normalized spacial score (nSPS) is 15.7. The molecule has 0 saturated carbocycles. The molecule has 1 aromatic carbocycles. The van der Waals surface area contributed by atoms with Crippen LogP contribution in [0.5, 0.6) is 5.75 Å². The van der Waals surface area contributed by atoms with Gasteiger partial charge in [-0.25, -0.2) is 0 Å². The Morgan fingerprint density at radius 2 is 1.93 bits per heavy atom. The van der Waals surface area contributed by atoms with Gasteiger partial charge in [0.1, 0.15) is 5.75 Å². The molecule has 7 heteroatoms. The molecule has 27 heavy (non-hydrogen) atoms. The Kier molecular flexibility index (Phi) is 6.84. The van der Waals surface area contributed by atoms with E-state index in [1.807, 2.05) is 5.38 Å². The molecule has 2 amide bonds. The monoisotopic (exact) mass is 387 g/mol. The smallest absolute Gasteiger partial charge is 0.313 e. The van der Waals surface area contributed by atoms with Gasteiger partial charge in [0.2, 0.25) is 0 Å².